The third-order valence-electron chi connectivity index (χ3n) is 1.27. The molecule has 0 aromatic heterocycles. The molecular formula is C11H14O. The van der Waals surface area contributed by atoms with Crippen LogP contribution in [0.5, 0.6) is 0 Å². The lowest BCUT2D eigenvalue weighted by molar-refractivity contribution is -0.112. The number of hydrogen-bond donors (Lipinski definition) is 0. The van der Waals surface area contributed by atoms with E-state index in [0.29, 0.717) is 0 Å². The van der Waals surface area contributed by atoms with Crippen molar-refractivity contribution in [2.75, 3.05) is 0 Å². The van der Waals surface area contributed by atoms with Crippen molar-refractivity contribution in [2.45, 2.75) is 13.8 Å². The highest BCUT2D eigenvalue weighted by atomic mass is 16.1. The molecule has 0 bridgehead atoms. The van der Waals surface area contributed by atoms with Gasteiger partial charge in [-0.3, -0.25) is 4.79 Å². The van der Waals surface area contributed by atoms with Crippen LogP contribution in [0.1, 0.15) is 13.8 Å². The van der Waals surface area contributed by atoms with Gasteiger partial charge in [-0.2, -0.15) is 0 Å². The zero-order chi connectivity index (χ0) is 9.40. The van der Waals surface area contributed by atoms with Gasteiger partial charge in [0.1, 0.15) is 0 Å². The molecule has 12 heavy (non-hydrogen) atoms. The summed E-state index contributed by atoms with van der Waals surface area (Å²) in [5.74, 6) is 0.0568. The van der Waals surface area contributed by atoms with Crippen molar-refractivity contribution in [1.82, 2.24) is 0 Å². The lowest BCUT2D eigenvalue weighted by atomic mass is 10.2. The maximum absolute atomic E-state index is 10.6. The standard InChI is InChI=1S/C11H14O/c1-4-6-7-11(5-2)9-8-10(3)12/h4-9H,1H2,2-3H3/b7-6-,9-8+,11-5+. The van der Waals surface area contributed by atoms with Crippen LogP contribution < -0.4 is 0 Å². The van der Waals surface area contributed by atoms with E-state index in [4.69, 9.17) is 0 Å². The molecule has 0 amide bonds. The predicted octanol–water partition coefficient (Wildman–Crippen LogP) is 2.82. The van der Waals surface area contributed by atoms with E-state index in [1.54, 1.807) is 18.2 Å². The zero-order valence-electron chi connectivity index (χ0n) is 7.58. The third kappa shape index (κ3) is 5.42. The second-order valence-corrected chi connectivity index (χ2v) is 2.33. The van der Waals surface area contributed by atoms with E-state index in [1.807, 2.05) is 25.2 Å². The second kappa shape index (κ2) is 6.35. The predicted molar refractivity (Wildman–Crippen MR) is 52.9 cm³/mol. The van der Waals surface area contributed by atoms with Crippen molar-refractivity contribution >= 4 is 5.78 Å². The number of hydrogen-bond acceptors (Lipinski definition) is 1. The van der Waals surface area contributed by atoms with Gasteiger partial charge in [0.05, 0.1) is 0 Å². The summed E-state index contributed by atoms with van der Waals surface area (Å²) in [5.41, 5.74) is 1.00. The van der Waals surface area contributed by atoms with E-state index in [9.17, 15) is 4.79 Å². The SMILES string of the molecule is C=C\C=C/C(/C=C/C(C)=O)=C\C. The lowest BCUT2D eigenvalue weighted by Crippen LogP contribution is -1.80. The van der Waals surface area contributed by atoms with E-state index >= 15 is 0 Å². The molecule has 0 N–H and O–H groups in total. The van der Waals surface area contributed by atoms with Gasteiger partial charge in [-0.15, -0.1) is 0 Å². The maximum Gasteiger partial charge on any atom is 0.152 e. The van der Waals surface area contributed by atoms with Crippen LogP contribution in [0.3, 0.4) is 0 Å². The van der Waals surface area contributed by atoms with Gasteiger partial charge >= 0.3 is 0 Å². The Kier molecular flexibility index (Phi) is 5.62. The number of carbonyl (C=O) groups excluding carboxylic acids is 1. The molecule has 1 nitrogen and oxygen atoms in total. The van der Waals surface area contributed by atoms with E-state index < -0.39 is 0 Å². The molecule has 0 saturated carbocycles. The highest BCUT2D eigenvalue weighted by Gasteiger charge is 1.84. The molecule has 0 saturated heterocycles. The summed E-state index contributed by atoms with van der Waals surface area (Å²) in [4.78, 5) is 10.6. The highest BCUT2D eigenvalue weighted by molar-refractivity contribution is 5.87. The molecule has 0 unspecified atom stereocenters. The van der Waals surface area contributed by atoms with Crippen LogP contribution in [0.25, 0.3) is 0 Å². The summed E-state index contributed by atoms with van der Waals surface area (Å²) in [7, 11) is 0. The fourth-order valence-corrected chi connectivity index (χ4v) is 0.641. The Morgan fingerprint density at radius 2 is 1.92 bits per heavy atom. The Morgan fingerprint density at radius 1 is 1.25 bits per heavy atom. The summed E-state index contributed by atoms with van der Waals surface area (Å²) >= 11 is 0. The number of carbonyl (C=O) groups is 1. The average molecular weight is 162 g/mol. The fourth-order valence-electron chi connectivity index (χ4n) is 0.641. The van der Waals surface area contributed by atoms with Crippen LogP contribution in [0, 0.1) is 0 Å². The Labute approximate surface area is 73.8 Å². The number of ketones is 1. The molecule has 64 valence electrons. The van der Waals surface area contributed by atoms with E-state index in [-0.39, 0.29) is 5.78 Å². The molecular weight excluding hydrogens is 148 g/mol. The molecule has 0 aromatic carbocycles. The van der Waals surface area contributed by atoms with Crippen molar-refractivity contribution in [3.8, 4) is 0 Å². The third-order valence-corrected chi connectivity index (χ3v) is 1.27. The number of allylic oxidation sites excluding steroid dienone is 7. The highest BCUT2D eigenvalue weighted by Crippen LogP contribution is 1.99. The van der Waals surface area contributed by atoms with Gasteiger partial charge in [-0.05, 0) is 25.5 Å². The molecule has 0 rings (SSSR count). The Hall–Kier alpha value is -1.37. The molecule has 0 radical (unpaired) electrons. The smallest absolute Gasteiger partial charge is 0.152 e. The summed E-state index contributed by atoms with van der Waals surface area (Å²) in [6.45, 7) is 7.01. The van der Waals surface area contributed by atoms with Crippen LogP contribution in [0.15, 0.2) is 48.6 Å². The average Bonchev–Trinajstić information content (AvgIpc) is 2.05. The molecule has 0 aliphatic carbocycles. The Morgan fingerprint density at radius 3 is 2.33 bits per heavy atom. The quantitative estimate of drug-likeness (QED) is 0.459. The van der Waals surface area contributed by atoms with Gasteiger partial charge in [-0.1, -0.05) is 37.0 Å². The first-order valence-corrected chi connectivity index (χ1v) is 3.84. The van der Waals surface area contributed by atoms with Gasteiger partial charge < -0.3 is 0 Å². The van der Waals surface area contributed by atoms with E-state index in [0.717, 1.165) is 5.57 Å². The molecule has 0 aromatic rings. The lowest BCUT2D eigenvalue weighted by Gasteiger charge is -1.88. The van der Waals surface area contributed by atoms with Crippen LogP contribution in [0.2, 0.25) is 0 Å². The monoisotopic (exact) mass is 162 g/mol. The maximum atomic E-state index is 10.6. The van der Waals surface area contributed by atoms with Crippen LogP contribution in [-0.4, -0.2) is 5.78 Å². The molecule has 0 fully saturated rings. The minimum atomic E-state index is 0.0568. The minimum Gasteiger partial charge on any atom is -0.295 e. The molecule has 0 heterocycles. The molecule has 1 heteroatoms. The van der Waals surface area contributed by atoms with Gasteiger partial charge in [0.2, 0.25) is 0 Å². The van der Waals surface area contributed by atoms with Crippen molar-refractivity contribution in [2.24, 2.45) is 0 Å². The zero-order valence-corrected chi connectivity index (χ0v) is 7.58. The van der Waals surface area contributed by atoms with Crippen molar-refractivity contribution in [1.29, 1.82) is 0 Å². The molecule has 0 atom stereocenters. The largest absolute Gasteiger partial charge is 0.295 e. The Balaban J connectivity index is 4.29. The van der Waals surface area contributed by atoms with Gasteiger partial charge in [-0.25, -0.2) is 0 Å². The van der Waals surface area contributed by atoms with Gasteiger partial charge in [0.25, 0.3) is 0 Å². The topological polar surface area (TPSA) is 17.1 Å². The fraction of sp³-hybridized carbons (Fsp3) is 0.182. The Bertz CT molecular complexity index is 242. The van der Waals surface area contributed by atoms with E-state index in [1.165, 1.54) is 6.92 Å². The summed E-state index contributed by atoms with van der Waals surface area (Å²) < 4.78 is 0. The van der Waals surface area contributed by atoms with Crippen molar-refractivity contribution in [3.05, 3.63) is 48.6 Å². The summed E-state index contributed by atoms with van der Waals surface area (Å²) in [5, 5.41) is 0. The van der Waals surface area contributed by atoms with Crippen LogP contribution in [-0.2, 0) is 4.79 Å². The van der Waals surface area contributed by atoms with Crippen LogP contribution in [0.4, 0.5) is 0 Å². The molecule has 0 spiro atoms. The van der Waals surface area contributed by atoms with Crippen molar-refractivity contribution in [3.63, 3.8) is 0 Å². The van der Waals surface area contributed by atoms with Gasteiger partial charge in [0.15, 0.2) is 5.78 Å². The normalized spacial score (nSPS) is 12.7. The van der Waals surface area contributed by atoms with Gasteiger partial charge in [0, 0.05) is 0 Å². The molecule has 0 aliphatic rings. The van der Waals surface area contributed by atoms with Crippen molar-refractivity contribution < 1.29 is 4.79 Å². The summed E-state index contributed by atoms with van der Waals surface area (Å²) in [6.07, 6.45) is 10.7. The first kappa shape index (κ1) is 10.6. The minimum absolute atomic E-state index is 0.0568. The number of rotatable bonds is 4. The van der Waals surface area contributed by atoms with E-state index in [2.05, 4.69) is 6.58 Å². The molecule has 0 aliphatic heterocycles. The van der Waals surface area contributed by atoms with Crippen LogP contribution >= 0.6 is 0 Å². The first-order valence-electron chi connectivity index (χ1n) is 3.84. The first-order chi connectivity index (χ1) is 5.70. The summed E-state index contributed by atoms with van der Waals surface area (Å²) in [6, 6.07) is 0. The second-order valence-electron chi connectivity index (χ2n) is 2.33.